The van der Waals surface area contributed by atoms with E-state index in [2.05, 4.69) is 16.4 Å². The Hall–Kier alpha value is -4.18. The number of aryl methyl sites for hydroxylation is 1. The summed E-state index contributed by atoms with van der Waals surface area (Å²) in [6, 6.07) is 19.8. The highest BCUT2D eigenvalue weighted by atomic mass is 16.5. The van der Waals surface area contributed by atoms with Crippen molar-refractivity contribution in [3.8, 4) is 11.8 Å². The maximum Gasteiger partial charge on any atom is 0.339 e. The number of nitrogens with zero attached hydrogens (tertiary/aromatic N) is 2. The molecule has 7 heteroatoms. The Bertz CT molecular complexity index is 1150. The van der Waals surface area contributed by atoms with Crippen LogP contribution in [0.5, 0.6) is 5.75 Å². The lowest BCUT2D eigenvalue weighted by molar-refractivity contribution is 0.0524. The van der Waals surface area contributed by atoms with Crippen molar-refractivity contribution in [1.82, 2.24) is 4.98 Å². The second kappa shape index (κ2) is 10.7. The van der Waals surface area contributed by atoms with Gasteiger partial charge in [-0.15, -0.1) is 0 Å². The fourth-order valence-electron chi connectivity index (χ4n) is 3.02. The average Bonchev–Trinajstić information content (AvgIpc) is 2.79. The summed E-state index contributed by atoms with van der Waals surface area (Å²) in [6.07, 6.45) is 0.351. The minimum absolute atomic E-state index is 0.194. The third-order valence-electron chi connectivity index (χ3n) is 4.68. The number of amides is 1. The lowest BCUT2D eigenvalue weighted by atomic mass is 10.1. The van der Waals surface area contributed by atoms with E-state index in [1.807, 2.05) is 42.5 Å². The highest BCUT2D eigenvalue weighted by Gasteiger charge is 2.16. The van der Waals surface area contributed by atoms with Crippen LogP contribution in [0.15, 0.2) is 60.7 Å². The Balaban J connectivity index is 1.69. The van der Waals surface area contributed by atoms with E-state index in [-0.39, 0.29) is 18.9 Å². The SMILES string of the molecule is CCOC(=O)c1ccc(C(=O)Nc2ccccc2COc2ccc(CC#N)cc2)nc1C. The minimum atomic E-state index is -0.465. The molecular formula is C25H23N3O4. The predicted octanol–water partition coefficient (Wildman–Crippen LogP) is 4.46. The first kappa shape index (κ1) is 22.5. The summed E-state index contributed by atoms with van der Waals surface area (Å²) in [5.41, 5.74) is 3.27. The fraction of sp³-hybridized carbons (Fsp3) is 0.200. The number of hydrogen-bond acceptors (Lipinski definition) is 6. The van der Waals surface area contributed by atoms with Gasteiger partial charge in [0.2, 0.25) is 0 Å². The van der Waals surface area contributed by atoms with Crippen LogP contribution in [0.2, 0.25) is 0 Å². The number of carbonyl (C=O) groups is 2. The van der Waals surface area contributed by atoms with E-state index in [1.165, 1.54) is 6.07 Å². The molecule has 0 unspecified atom stereocenters. The molecule has 1 aromatic heterocycles. The van der Waals surface area contributed by atoms with Gasteiger partial charge < -0.3 is 14.8 Å². The standard InChI is InChI=1S/C25H23N3O4/c1-3-31-25(30)21-12-13-23(27-17(21)2)24(29)28-22-7-5-4-6-19(22)16-32-20-10-8-18(9-11-20)14-15-26/h4-13H,3,14,16H2,1-2H3,(H,28,29). The van der Waals surface area contributed by atoms with Crippen molar-refractivity contribution in [2.45, 2.75) is 26.9 Å². The van der Waals surface area contributed by atoms with Crippen LogP contribution in [0.3, 0.4) is 0 Å². The van der Waals surface area contributed by atoms with Gasteiger partial charge in [0.15, 0.2) is 0 Å². The van der Waals surface area contributed by atoms with Gasteiger partial charge in [0.05, 0.1) is 30.4 Å². The Morgan fingerprint density at radius 1 is 1.06 bits per heavy atom. The molecule has 3 aromatic rings. The molecule has 0 saturated heterocycles. The molecule has 1 heterocycles. The number of esters is 1. The Morgan fingerprint density at radius 3 is 2.50 bits per heavy atom. The van der Waals surface area contributed by atoms with Crippen molar-refractivity contribution in [1.29, 1.82) is 5.26 Å². The van der Waals surface area contributed by atoms with Crippen LogP contribution in [0.4, 0.5) is 5.69 Å². The fourth-order valence-corrected chi connectivity index (χ4v) is 3.02. The molecule has 0 radical (unpaired) electrons. The summed E-state index contributed by atoms with van der Waals surface area (Å²) in [5.74, 6) is -0.191. The number of benzene rings is 2. The van der Waals surface area contributed by atoms with Crippen LogP contribution in [0.1, 0.15) is 44.6 Å². The number of nitrogens with one attached hydrogen (secondary N) is 1. The van der Waals surface area contributed by atoms with Crippen LogP contribution < -0.4 is 10.1 Å². The average molecular weight is 429 g/mol. The van der Waals surface area contributed by atoms with Gasteiger partial charge in [-0.2, -0.15) is 5.26 Å². The van der Waals surface area contributed by atoms with E-state index in [0.29, 0.717) is 29.1 Å². The molecule has 0 aliphatic heterocycles. The zero-order valence-corrected chi connectivity index (χ0v) is 17.9. The number of anilines is 1. The third kappa shape index (κ3) is 5.70. The van der Waals surface area contributed by atoms with Crippen molar-refractivity contribution in [2.24, 2.45) is 0 Å². The first-order chi connectivity index (χ1) is 15.5. The first-order valence-corrected chi connectivity index (χ1v) is 10.1. The maximum atomic E-state index is 12.7. The molecule has 0 saturated carbocycles. The van der Waals surface area contributed by atoms with Gasteiger partial charge in [0, 0.05) is 11.3 Å². The highest BCUT2D eigenvalue weighted by molar-refractivity contribution is 6.03. The molecule has 1 N–H and O–H groups in total. The number of pyridine rings is 1. The number of carbonyl (C=O) groups excluding carboxylic acids is 2. The topological polar surface area (TPSA) is 101 Å². The smallest absolute Gasteiger partial charge is 0.339 e. The van der Waals surface area contributed by atoms with Crippen molar-refractivity contribution in [3.05, 3.63) is 88.7 Å². The quantitative estimate of drug-likeness (QED) is 0.531. The monoisotopic (exact) mass is 429 g/mol. The van der Waals surface area contributed by atoms with Crippen molar-refractivity contribution in [3.63, 3.8) is 0 Å². The first-order valence-electron chi connectivity index (χ1n) is 10.1. The normalized spacial score (nSPS) is 10.2. The number of rotatable bonds is 8. The van der Waals surface area contributed by atoms with E-state index in [0.717, 1.165) is 11.1 Å². The van der Waals surface area contributed by atoms with Gasteiger partial charge in [-0.05, 0) is 49.7 Å². The van der Waals surface area contributed by atoms with Crippen LogP contribution in [0.25, 0.3) is 0 Å². The largest absolute Gasteiger partial charge is 0.489 e. The molecular weight excluding hydrogens is 406 g/mol. The molecule has 1 amide bonds. The summed E-state index contributed by atoms with van der Waals surface area (Å²) >= 11 is 0. The lowest BCUT2D eigenvalue weighted by Gasteiger charge is -2.13. The van der Waals surface area contributed by atoms with Gasteiger partial charge in [-0.3, -0.25) is 4.79 Å². The molecule has 0 atom stereocenters. The van der Waals surface area contributed by atoms with Crippen LogP contribution in [-0.4, -0.2) is 23.5 Å². The predicted molar refractivity (Wildman–Crippen MR) is 119 cm³/mol. The third-order valence-corrected chi connectivity index (χ3v) is 4.68. The summed E-state index contributed by atoms with van der Waals surface area (Å²) in [6.45, 7) is 3.91. The van der Waals surface area contributed by atoms with Crippen LogP contribution in [-0.2, 0) is 17.8 Å². The zero-order chi connectivity index (χ0) is 22.9. The van der Waals surface area contributed by atoms with Gasteiger partial charge in [0.25, 0.3) is 5.91 Å². The van der Waals surface area contributed by atoms with E-state index in [1.54, 1.807) is 26.0 Å². The second-order valence-corrected chi connectivity index (χ2v) is 6.93. The molecule has 32 heavy (non-hydrogen) atoms. The molecule has 0 bridgehead atoms. The maximum absolute atomic E-state index is 12.7. The summed E-state index contributed by atoms with van der Waals surface area (Å²) in [7, 11) is 0. The van der Waals surface area contributed by atoms with Crippen molar-refractivity contribution < 1.29 is 19.1 Å². The molecule has 3 rings (SSSR count). The zero-order valence-electron chi connectivity index (χ0n) is 17.9. The minimum Gasteiger partial charge on any atom is -0.489 e. The van der Waals surface area contributed by atoms with E-state index in [4.69, 9.17) is 14.7 Å². The molecule has 7 nitrogen and oxygen atoms in total. The van der Waals surface area contributed by atoms with Gasteiger partial charge in [-0.25, -0.2) is 9.78 Å². The summed E-state index contributed by atoms with van der Waals surface area (Å²) < 4.78 is 10.8. The number of hydrogen-bond donors (Lipinski definition) is 1. The Labute approximate surface area is 186 Å². The number of para-hydroxylation sites is 1. The molecule has 0 spiro atoms. The molecule has 0 aliphatic carbocycles. The van der Waals surface area contributed by atoms with Gasteiger partial charge in [-0.1, -0.05) is 30.3 Å². The van der Waals surface area contributed by atoms with Crippen LogP contribution >= 0.6 is 0 Å². The van der Waals surface area contributed by atoms with Crippen LogP contribution in [0, 0.1) is 18.3 Å². The summed E-state index contributed by atoms with van der Waals surface area (Å²) in [5, 5.41) is 11.6. The number of nitriles is 1. The van der Waals surface area contributed by atoms with E-state index in [9.17, 15) is 9.59 Å². The lowest BCUT2D eigenvalue weighted by Crippen LogP contribution is -2.17. The molecule has 0 fully saturated rings. The molecule has 0 aliphatic rings. The summed E-state index contributed by atoms with van der Waals surface area (Å²) in [4.78, 5) is 28.9. The molecule has 162 valence electrons. The van der Waals surface area contributed by atoms with E-state index >= 15 is 0 Å². The van der Waals surface area contributed by atoms with E-state index < -0.39 is 11.9 Å². The van der Waals surface area contributed by atoms with Gasteiger partial charge >= 0.3 is 5.97 Å². The van der Waals surface area contributed by atoms with Gasteiger partial charge in [0.1, 0.15) is 18.1 Å². The number of aromatic nitrogens is 1. The Kier molecular flexibility index (Phi) is 7.55. The van der Waals surface area contributed by atoms with Crippen molar-refractivity contribution in [2.75, 3.05) is 11.9 Å². The molecule has 2 aromatic carbocycles. The Morgan fingerprint density at radius 2 is 1.81 bits per heavy atom. The number of ether oxygens (including phenoxy) is 2. The second-order valence-electron chi connectivity index (χ2n) is 6.93. The van der Waals surface area contributed by atoms with Crippen molar-refractivity contribution >= 4 is 17.6 Å². The highest BCUT2D eigenvalue weighted by Crippen LogP contribution is 2.20.